The summed E-state index contributed by atoms with van der Waals surface area (Å²) in [4.78, 5) is 11.5. The van der Waals surface area contributed by atoms with Crippen LogP contribution in [0.3, 0.4) is 0 Å². The van der Waals surface area contributed by atoms with Gasteiger partial charge in [-0.1, -0.05) is 0 Å². The molecule has 1 amide bonds. The number of hydrogen-bond donors (Lipinski definition) is 2. The first-order valence-electron chi connectivity index (χ1n) is 5.25. The predicted molar refractivity (Wildman–Crippen MR) is 54.5 cm³/mol. The molecule has 0 bridgehead atoms. The minimum absolute atomic E-state index is 0.0817. The zero-order valence-electron chi connectivity index (χ0n) is 8.53. The van der Waals surface area contributed by atoms with Crippen LogP contribution >= 0.6 is 0 Å². The molecule has 1 aliphatic heterocycles. The number of carbonyl (C=O) groups excluding carboxylic acids is 1. The molecule has 0 aromatic carbocycles. The molecule has 15 heavy (non-hydrogen) atoms. The SMILES string of the molecule is O=C(NCCC1CCCO1)c1cn[nH]c1. The van der Waals surface area contributed by atoms with E-state index in [1.807, 2.05) is 0 Å². The second kappa shape index (κ2) is 4.93. The number of aromatic amines is 1. The van der Waals surface area contributed by atoms with Crippen LogP contribution in [-0.2, 0) is 4.74 Å². The highest BCUT2D eigenvalue weighted by atomic mass is 16.5. The number of nitrogens with zero attached hydrogens (tertiary/aromatic N) is 1. The lowest BCUT2D eigenvalue weighted by Crippen LogP contribution is -2.26. The molecule has 2 N–H and O–H groups in total. The monoisotopic (exact) mass is 209 g/mol. The van der Waals surface area contributed by atoms with Crippen molar-refractivity contribution in [1.29, 1.82) is 0 Å². The number of carbonyl (C=O) groups is 1. The van der Waals surface area contributed by atoms with Crippen molar-refractivity contribution in [2.75, 3.05) is 13.2 Å². The van der Waals surface area contributed by atoms with E-state index in [1.165, 1.54) is 6.20 Å². The van der Waals surface area contributed by atoms with Crippen LogP contribution in [0.2, 0.25) is 0 Å². The molecule has 0 spiro atoms. The number of H-pyrrole nitrogens is 1. The molecule has 2 heterocycles. The smallest absolute Gasteiger partial charge is 0.254 e. The summed E-state index contributed by atoms with van der Waals surface area (Å²) in [6.07, 6.45) is 6.57. The van der Waals surface area contributed by atoms with Gasteiger partial charge >= 0.3 is 0 Å². The molecule has 0 saturated carbocycles. The van der Waals surface area contributed by atoms with Crippen molar-refractivity contribution in [1.82, 2.24) is 15.5 Å². The third-order valence-electron chi connectivity index (χ3n) is 2.54. The van der Waals surface area contributed by atoms with E-state index in [4.69, 9.17) is 4.74 Å². The molecule has 1 saturated heterocycles. The second-order valence-corrected chi connectivity index (χ2v) is 3.67. The summed E-state index contributed by atoms with van der Waals surface area (Å²) < 4.78 is 5.46. The Hall–Kier alpha value is -1.36. The van der Waals surface area contributed by atoms with Gasteiger partial charge in [-0.05, 0) is 19.3 Å². The fourth-order valence-electron chi connectivity index (χ4n) is 1.70. The molecule has 0 aliphatic carbocycles. The average Bonchev–Trinajstić information content (AvgIpc) is 2.90. The first-order chi connectivity index (χ1) is 7.36. The minimum atomic E-state index is -0.0817. The Kier molecular flexibility index (Phi) is 3.34. The summed E-state index contributed by atoms with van der Waals surface area (Å²) in [5, 5.41) is 9.16. The maximum Gasteiger partial charge on any atom is 0.254 e. The van der Waals surface area contributed by atoms with Crippen LogP contribution in [0.1, 0.15) is 29.6 Å². The molecule has 2 rings (SSSR count). The molecule has 1 aliphatic rings. The molecule has 1 aromatic rings. The van der Waals surface area contributed by atoms with Gasteiger partial charge in [-0.3, -0.25) is 9.89 Å². The van der Waals surface area contributed by atoms with Crippen molar-refractivity contribution in [2.45, 2.75) is 25.4 Å². The molecule has 1 atom stereocenters. The Morgan fingerprint density at radius 2 is 2.67 bits per heavy atom. The number of hydrogen-bond acceptors (Lipinski definition) is 3. The average molecular weight is 209 g/mol. The summed E-state index contributed by atoms with van der Waals surface area (Å²) in [6.45, 7) is 1.52. The van der Waals surface area contributed by atoms with Gasteiger partial charge < -0.3 is 10.1 Å². The summed E-state index contributed by atoms with van der Waals surface area (Å²) >= 11 is 0. The topological polar surface area (TPSA) is 67.0 Å². The summed E-state index contributed by atoms with van der Waals surface area (Å²) in [5.74, 6) is -0.0817. The minimum Gasteiger partial charge on any atom is -0.378 e. The normalized spacial score (nSPS) is 20.4. The van der Waals surface area contributed by atoms with Crippen LogP contribution in [0, 0.1) is 0 Å². The van der Waals surface area contributed by atoms with Crippen LogP contribution < -0.4 is 5.32 Å². The van der Waals surface area contributed by atoms with Gasteiger partial charge in [-0.25, -0.2) is 0 Å². The molecule has 1 aromatic heterocycles. The molecule has 1 fully saturated rings. The maximum atomic E-state index is 11.5. The molecule has 1 unspecified atom stereocenters. The Labute approximate surface area is 88.2 Å². The lowest BCUT2D eigenvalue weighted by atomic mass is 10.2. The number of ether oxygens (including phenoxy) is 1. The van der Waals surface area contributed by atoms with Crippen molar-refractivity contribution in [3.8, 4) is 0 Å². The van der Waals surface area contributed by atoms with E-state index < -0.39 is 0 Å². The number of amides is 1. The van der Waals surface area contributed by atoms with Gasteiger partial charge in [0.05, 0.1) is 17.9 Å². The van der Waals surface area contributed by atoms with Gasteiger partial charge in [0.15, 0.2) is 0 Å². The Balaban J connectivity index is 1.67. The molecule has 82 valence electrons. The van der Waals surface area contributed by atoms with Crippen molar-refractivity contribution in [3.05, 3.63) is 18.0 Å². The van der Waals surface area contributed by atoms with Crippen LogP contribution in [-0.4, -0.2) is 35.4 Å². The first kappa shape index (κ1) is 10.2. The van der Waals surface area contributed by atoms with Crippen molar-refractivity contribution in [2.24, 2.45) is 0 Å². The van der Waals surface area contributed by atoms with Gasteiger partial charge in [0.1, 0.15) is 0 Å². The number of aromatic nitrogens is 2. The van der Waals surface area contributed by atoms with Gasteiger partial charge in [-0.15, -0.1) is 0 Å². The van der Waals surface area contributed by atoms with E-state index in [1.54, 1.807) is 6.20 Å². The quantitative estimate of drug-likeness (QED) is 0.767. The van der Waals surface area contributed by atoms with E-state index in [0.717, 1.165) is 25.9 Å². The lowest BCUT2D eigenvalue weighted by Gasteiger charge is -2.09. The van der Waals surface area contributed by atoms with Gasteiger partial charge in [0.25, 0.3) is 5.91 Å². The Morgan fingerprint density at radius 1 is 1.73 bits per heavy atom. The van der Waals surface area contributed by atoms with Crippen LogP contribution in [0.5, 0.6) is 0 Å². The summed E-state index contributed by atoms with van der Waals surface area (Å²) in [6, 6.07) is 0. The van der Waals surface area contributed by atoms with Gasteiger partial charge in [-0.2, -0.15) is 5.10 Å². The van der Waals surface area contributed by atoms with Crippen LogP contribution in [0.15, 0.2) is 12.4 Å². The largest absolute Gasteiger partial charge is 0.378 e. The van der Waals surface area contributed by atoms with E-state index in [0.29, 0.717) is 18.2 Å². The second-order valence-electron chi connectivity index (χ2n) is 3.67. The predicted octanol–water partition coefficient (Wildman–Crippen LogP) is 0.709. The molecule has 0 radical (unpaired) electrons. The van der Waals surface area contributed by atoms with Crippen LogP contribution in [0.4, 0.5) is 0 Å². The maximum absolute atomic E-state index is 11.5. The molecule has 5 nitrogen and oxygen atoms in total. The molecular formula is C10H15N3O2. The van der Waals surface area contributed by atoms with E-state index in [-0.39, 0.29) is 5.91 Å². The first-order valence-corrected chi connectivity index (χ1v) is 5.25. The summed E-state index contributed by atoms with van der Waals surface area (Å²) in [7, 11) is 0. The zero-order valence-corrected chi connectivity index (χ0v) is 8.53. The van der Waals surface area contributed by atoms with Crippen molar-refractivity contribution < 1.29 is 9.53 Å². The van der Waals surface area contributed by atoms with Crippen molar-refractivity contribution >= 4 is 5.91 Å². The van der Waals surface area contributed by atoms with Gasteiger partial charge in [0, 0.05) is 19.3 Å². The molecule has 5 heteroatoms. The van der Waals surface area contributed by atoms with E-state index in [2.05, 4.69) is 15.5 Å². The lowest BCUT2D eigenvalue weighted by molar-refractivity contribution is 0.0907. The Bertz CT molecular complexity index is 304. The fourth-order valence-corrected chi connectivity index (χ4v) is 1.70. The number of rotatable bonds is 4. The zero-order chi connectivity index (χ0) is 10.5. The highest BCUT2D eigenvalue weighted by Gasteiger charge is 2.15. The third-order valence-corrected chi connectivity index (χ3v) is 2.54. The summed E-state index contributed by atoms with van der Waals surface area (Å²) in [5.41, 5.74) is 0.572. The standard InChI is InChI=1S/C10H15N3O2/c14-10(8-6-12-13-7-8)11-4-3-9-2-1-5-15-9/h6-7,9H,1-5H2,(H,11,14)(H,12,13). The van der Waals surface area contributed by atoms with Crippen LogP contribution in [0.25, 0.3) is 0 Å². The van der Waals surface area contributed by atoms with Gasteiger partial charge in [0.2, 0.25) is 0 Å². The highest BCUT2D eigenvalue weighted by Crippen LogP contribution is 2.14. The number of nitrogens with one attached hydrogen (secondary N) is 2. The van der Waals surface area contributed by atoms with E-state index in [9.17, 15) is 4.79 Å². The highest BCUT2D eigenvalue weighted by molar-refractivity contribution is 5.93. The van der Waals surface area contributed by atoms with E-state index >= 15 is 0 Å². The van der Waals surface area contributed by atoms with Crippen molar-refractivity contribution in [3.63, 3.8) is 0 Å². The third kappa shape index (κ3) is 2.79. The Morgan fingerprint density at radius 3 is 3.33 bits per heavy atom. The fraction of sp³-hybridized carbons (Fsp3) is 0.600. The molecular weight excluding hydrogens is 194 g/mol.